The van der Waals surface area contributed by atoms with Crippen LogP contribution in [0.1, 0.15) is 104 Å². The quantitative estimate of drug-likeness (QED) is 0.148. The molecule has 4 rings (SSSR count). The number of rotatable bonds is 8. The maximum Gasteiger partial charge on any atom is 0.0818 e. The Bertz CT molecular complexity index is 1420. The second-order valence-corrected chi connectivity index (χ2v) is 12.0. The van der Waals surface area contributed by atoms with E-state index < -0.39 is 24.4 Å². The van der Waals surface area contributed by atoms with Crippen LogP contribution in [-0.2, 0) is 17.1 Å². The molecule has 0 amide bonds. The molecule has 4 unspecified atom stereocenters. The van der Waals surface area contributed by atoms with Crippen molar-refractivity contribution in [1.82, 2.24) is 0 Å². The molecule has 0 aliphatic carbocycles. The number of hydrogen-bond donors (Lipinski definition) is 4. The Kier molecular flexibility index (Phi) is 13.9. The van der Waals surface area contributed by atoms with Gasteiger partial charge in [-0.15, -0.1) is 0 Å². The molecule has 0 saturated carbocycles. The zero-order valence-electron chi connectivity index (χ0n) is 26.7. The van der Waals surface area contributed by atoms with E-state index in [1.54, 1.807) is 0 Å². The van der Waals surface area contributed by atoms with Crippen LogP contribution in [0.2, 0.25) is 0 Å². The predicted octanol–water partition coefficient (Wildman–Crippen LogP) is 8.15. The summed E-state index contributed by atoms with van der Waals surface area (Å²) < 4.78 is 0. The number of benzene rings is 4. The van der Waals surface area contributed by atoms with Crippen LogP contribution in [0.4, 0.5) is 0 Å². The van der Waals surface area contributed by atoms with Gasteiger partial charge in [0, 0.05) is 29.9 Å². The average Bonchev–Trinajstić information content (AvgIpc) is 2.92. The third-order valence-electron chi connectivity index (χ3n) is 8.27. The van der Waals surface area contributed by atoms with Gasteiger partial charge in [0.1, 0.15) is 0 Å². The first-order valence-corrected chi connectivity index (χ1v) is 14.8. The standard InChI is InChI=1S/2C19H24O2.Cu/c1-12-5-7-16(9-14(12)3)18(20)11-19(21)17-8-6-13(2)15(4)10-17;1-12-7-13(2)9-17(8-12)19(21)11-18(20)16-6-5-14(3)15(4)10-16;/h2*5-10,18-21H,11H2,1-4H3;. The van der Waals surface area contributed by atoms with E-state index in [1.807, 2.05) is 101 Å². The summed E-state index contributed by atoms with van der Waals surface area (Å²) in [5, 5.41) is 41.4. The maximum atomic E-state index is 10.4. The van der Waals surface area contributed by atoms with Gasteiger partial charge in [-0.25, -0.2) is 0 Å². The predicted molar refractivity (Wildman–Crippen MR) is 173 cm³/mol. The summed E-state index contributed by atoms with van der Waals surface area (Å²) in [4.78, 5) is 0. The van der Waals surface area contributed by atoms with Crippen LogP contribution >= 0.6 is 0 Å². The van der Waals surface area contributed by atoms with Gasteiger partial charge in [-0.05, 0) is 111 Å². The number of aliphatic hydroxyl groups excluding tert-OH is 4. The Morgan fingerprint density at radius 1 is 0.372 bits per heavy atom. The fourth-order valence-electron chi connectivity index (χ4n) is 5.09. The minimum Gasteiger partial charge on any atom is -0.388 e. The van der Waals surface area contributed by atoms with Crippen molar-refractivity contribution in [3.63, 3.8) is 0 Å². The molecule has 4 N–H and O–H groups in total. The summed E-state index contributed by atoms with van der Waals surface area (Å²) in [6, 6.07) is 23.8. The van der Waals surface area contributed by atoms with Gasteiger partial charge in [0.15, 0.2) is 0 Å². The van der Waals surface area contributed by atoms with Crippen LogP contribution in [0.5, 0.6) is 0 Å². The van der Waals surface area contributed by atoms with Gasteiger partial charge in [-0.2, -0.15) is 0 Å². The smallest absolute Gasteiger partial charge is 0.0818 e. The molecule has 0 aliphatic heterocycles. The van der Waals surface area contributed by atoms with E-state index in [0.717, 1.165) is 50.1 Å². The zero-order chi connectivity index (χ0) is 31.1. The molecule has 4 aromatic rings. The van der Waals surface area contributed by atoms with Gasteiger partial charge in [0.05, 0.1) is 24.4 Å². The fraction of sp³-hybridized carbons (Fsp3) is 0.368. The average molecular weight is 632 g/mol. The van der Waals surface area contributed by atoms with E-state index in [9.17, 15) is 20.4 Å². The fourth-order valence-corrected chi connectivity index (χ4v) is 5.09. The van der Waals surface area contributed by atoms with E-state index in [0.29, 0.717) is 12.8 Å². The second kappa shape index (κ2) is 16.4. The molecular formula is C38H48CuO4. The van der Waals surface area contributed by atoms with Crippen molar-refractivity contribution in [1.29, 1.82) is 0 Å². The molecule has 4 aromatic carbocycles. The molecule has 4 nitrogen and oxygen atoms in total. The van der Waals surface area contributed by atoms with E-state index in [-0.39, 0.29) is 17.1 Å². The number of aryl methyl sites for hydroxylation is 8. The third-order valence-corrected chi connectivity index (χ3v) is 8.27. The maximum absolute atomic E-state index is 10.4. The molecule has 4 atom stereocenters. The minimum absolute atomic E-state index is 0. The summed E-state index contributed by atoms with van der Waals surface area (Å²) in [7, 11) is 0. The first-order valence-electron chi connectivity index (χ1n) is 14.8. The van der Waals surface area contributed by atoms with E-state index in [2.05, 4.69) is 26.8 Å². The van der Waals surface area contributed by atoms with Gasteiger partial charge in [-0.3, -0.25) is 0 Å². The van der Waals surface area contributed by atoms with Crippen molar-refractivity contribution in [2.24, 2.45) is 0 Å². The normalized spacial score (nSPS) is 13.7. The molecule has 0 saturated heterocycles. The van der Waals surface area contributed by atoms with Crippen molar-refractivity contribution < 1.29 is 37.5 Å². The third kappa shape index (κ3) is 10.4. The van der Waals surface area contributed by atoms with Crippen LogP contribution in [0, 0.1) is 55.4 Å². The summed E-state index contributed by atoms with van der Waals surface area (Å²) in [6.07, 6.45) is -1.99. The molecular weight excluding hydrogens is 584 g/mol. The molecule has 5 heteroatoms. The van der Waals surface area contributed by atoms with Crippen molar-refractivity contribution in [3.05, 3.63) is 140 Å². The van der Waals surface area contributed by atoms with Gasteiger partial charge in [0.25, 0.3) is 0 Å². The van der Waals surface area contributed by atoms with Crippen molar-refractivity contribution in [2.75, 3.05) is 0 Å². The monoisotopic (exact) mass is 631 g/mol. The van der Waals surface area contributed by atoms with Crippen molar-refractivity contribution in [3.8, 4) is 0 Å². The molecule has 1 radical (unpaired) electrons. The Balaban J connectivity index is 0.000000293. The SMILES string of the molecule is Cc1cc(C)cc(C(O)CC(O)c2ccc(C)c(C)c2)c1.Cc1ccc(C(O)CC(O)c2ccc(C)c(C)c2)cc1C.[Cu]. The summed E-state index contributed by atoms with van der Waals surface area (Å²) in [6.45, 7) is 16.3. The van der Waals surface area contributed by atoms with E-state index in [4.69, 9.17) is 0 Å². The van der Waals surface area contributed by atoms with Crippen LogP contribution in [0.15, 0.2) is 72.8 Å². The topological polar surface area (TPSA) is 80.9 Å². The first kappa shape index (κ1) is 36.4. The number of hydrogen-bond acceptors (Lipinski definition) is 4. The first-order chi connectivity index (χ1) is 19.7. The molecule has 0 fully saturated rings. The van der Waals surface area contributed by atoms with E-state index >= 15 is 0 Å². The Morgan fingerprint density at radius 2 is 0.651 bits per heavy atom. The Labute approximate surface area is 268 Å². The summed E-state index contributed by atoms with van der Waals surface area (Å²) in [5.74, 6) is 0. The molecule has 235 valence electrons. The number of aliphatic hydroxyl groups is 4. The summed E-state index contributed by atoms with van der Waals surface area (Å²) >= 11 is 0. The molecule has 0 aliphatic rings. The summed E-state index contributed by atoms with van der Waals surface area (Å²) in [5.41, 5.74) is 12.8. The van der Waals surface area contributed by atoms with Gasteiger partial charge >= 0.3 is 0 Å². The second-order valence-electron chi connectivity index (χ2n) is 12.0. The van der Waals surface area contributed by atoms with Crippen LogP contribution < -0.4 is 0 Å². The van der Waals surface area contributed by atoms with Crippen LogP contribution in [0.25, 0.3) is 0 Å². The van der Waals surface area contributed by atoms with Crippen LogP contribution in [-0.4, -0.2) is 20.4 Å². The molecule has 0 bridgehead atoms. The van der Waals surface area contributed by atoms with Gasteiger partial charge in [-0.1, -0.05) is 83.9 Å². The molecule has 0 spiro atoms. The van der Waals surface area contributed by atoms with Crippen molar-refractivity contribution in [2.45, 2.75) is 92.6 Å². The molecule has 0 aromatic heterocycles. The molecule has 0 heterocycles. The van der Waals surface area contributed by atoms with Gasteiger partial charge in [0.2, 0.25) is 0 Å². The Hall–Kier alpha value is -2.76. The van der Waals surface area contributed by atoms with Crippen LogP contribution in [0.3, 0.4) is 0 Å². The van der Waals surface area contributed by atoms with E-state index in [1.165, 1.54) is 16.7 Å². The Morgan fingerprint density at radius 3 is 0.930 bits per heavy atom. The van der Waals surface area contributed by atoms with Crippen molar-refractivity contribution >= 4 is 0 Å². The molecule has 43 heavy (non-hydrogen) atoms. The van der Waals surface area contributed by atoms with Gasteiger partial charge < -0.3 is 20.4 Å². The largest absolute Gasteiger partial charge is 0.388 e. The zero-order valence-corrected chi connectivity index (χ0v) is 27.7. The minimum atomic E-state index is -0.653.